The summed E-state index contributed by atoms with van der Waals surface area (Å²) in [5.74, 6) is -1.81. The molecule has 0 aromatic heterocycles. The van der Waals surface area contributed by atoms with E-state index in [1.54, 1.807) is 30.3 Å². The van der Waals surface area contributed by atoms with Gasteiger partial charge in [0.05, 0.1) is 24.7 Å². The lowest BCUT2D eigenvalue weighted by molar-refractivity contribution is -0.134. The van der Waals surface area contributed by atoms with Gasteiger partial charge in [-0.25, -0.2) is 0 Å². The minimum atomic E-state index is -0.667. The number of benzene rings is 2. The first kappa shape index (κ1) is 23.9. The van der Waals surface area contributed by atoms with Crippen molar-refractivity contribution >= 4 is 29.8 Å². The summed E-state index contributed by atoms with van der Waals surface area (Å²) in [6.45, 7) is 3.59. The Balaban J connectivity index is 1.66. The van der Waals surface area contributed by atoms with Crippen LogP contribution < -0.4 is 14.8 Å². The van der Waals surface area contributed by atoms with Gasteiger partial charge in [-0.2, -0.15) is 5.26 Å². The molecule has 9 heteroatoms. The average Bonchev–Trinajstić information content (AvgIpc) is 3.09. The largest absolute Gasteiger partial charge is 0.493 e. The summed E-state index contributed by atoms with van der Waals surface area (Å²) in [5, 5.41) is 11.8. The number of hydrogen-bond acceptors (Lipinski definition) is 7. The van der Waals surface area contributed by atoms with Gasteiger partial charge < -0.3 is 14.8 Å². The zero-order valence-electron chi connectivity index (χ0n) is 18.4. The second-order valence-electron chi connectivity index (χ2n) is 7.11. The van der Waals surface area contributed by atoms with E-state index >= 15 is 0 Å². The number of carbonyl (C=O) groups excluding carboxylic acids is 4. The molecular weight excluding hydrogens is 438 g/mol. The Kier molecular flexibility index (Phi) is 7.56. The van der Waals surface area contributed by atoms with E-state index in [0.29, 0.717) is 16.7 Å². The van der Waals surface area contributed by atoms with Crippen LogP contribution in [0.25, 0.3) is 6.08 Å². The van der Waals surface area contributed by atoms with Crippen LogP contribution in [0.15, 0.2) is 60.7 Å². The van der Waals surface area contributed by atoms with Crippen molar-refractivity contribution in [2.45, 2.75) is 6.42 Å². The van der Waals surface area contributed by atoms with Crippen LogP contribution in [0.1, 0.15) is 32.7 Å². The summed E-state index contributed by atoms with van der Waals surface area (Å²) in [5.41, 5.74) is 0.977. The zero-order chi connectivity index (χ0) is 24.7. The van der Waals surface area contributed by atoms with Gasteiger partial charge in [0.15, 0.2) is 11.5 Å². The number of hydrogen-bond donors (Lipinski definition) is 1. The number of carbonyl (C=O) groups is 4. The number of imide groups is 1. The Bertz CT molecular complexity index is 1210. The lowest BCUT2D eigenvalue weighted by atomic mass is 10.1. The molecule has 1 aliphatic heterocycles. The molecule has 34 heavy (non-hydrogen) atoms. The number of ether oxygens (including phenoxy) is 2. The monoisotopic (exact) mass is 459 g/mol. The highest BCUT2D eigenvalue weighted by molar-refractivity contribution is 6.21. The van der Waals surface area contributed by atoms with Gasteiger partial charge in [-0.1, -0.05) is 24.3 Å². The van der Waals surface area contributed by atoms with Gasteiger partial charge in [0.25, 0.3) is 17.7 Å². The van der Waals surface area contributed by atoms with Gasteiger partial charge >= 0.3 is 5.97 Å². The van der Waals surface area contributed by atoms with Crippen molar-refractivity contribution in [3.63, 3.8) is 0 Å². The fraction of sp³-hybridized carbons (Fsp3) is 0.160. The van der Waals surface area contributed by atoms with Crippen LogP contribution >= 0.6 is 0 Å². The summed E-state index contributed by atoms with van der Waals surface area (Å²) in [6.07, 6.45) is 2.65. The molecule has 2 aromatic carbocycles. The fourth-order valence-corrected chi connectivity index (χ4v) is 3.25. The first-order valence-corrected chi connectivity index (χ1v) is 10.2. The highest BCUT2D eigenvalue weighted by Gasteiger charge is 2.35. The molecule has 3 amide bonds. The smallest absolute Gasteiger partial charge is 0.313 e. The third-order valence-electron chi connectivity index (χ3n) is 4.91. The van der Waals surface area contributed by atoms with Crippen molar-refractivity contribution in [2.75, 3.05) is 20.2 Å². The van der Waals surface area contributed by atoms with Crippen LogP contribution in [0.4, 0.5) is 0 Å². The number of nitriles is 1. The SMILES string of the molecule is C=CCNC(=O)C(C#N)=Cc1ccc(OC(=O)CCN2C(=O)c3ccccc3C2=O)c(OC)c1. The topological polar surface area (TPSA) is 126 Å². The molecule has 0 fully saturated rings. The van der Waals surface area contributed by atoms with Crippen LogP contribution in [0.2, 0.25) is 0 Å². The molecule has 3 rings (SSSR count). The van der Waals surface area contributed by atoms with Gasteiger partial charge in [0.2, 0.25) is 0 Å². The molecule has 0 atom stereocenters. The number of nitrogens with one attached hydrogen (secondary N) is 1. The van der Waals surface area contributed by atoms with Gasteiger partial charge in [0, 0.05) is 13.1 Å². The third-order valence-corrected chi connectivity index (χ3v) is 4.91. The molecule has 0 unspecified atom stereocenters. The molecule has 1 N–H and O–H groups in total. The third kappa shape index (κ3) is 5.19. The van der Waals surface area contributed by atoms with E-state index in [9.17, 15) is 24.4 Å². The van der Waals surface area contributed by atoms with Crippen LogP contribution in [-0.4, -0.2) is 48.8 Å². The molecule has 0 bridgehead atoms. The predicted molar refractivity (Wildman–Crippen MR) is 122 cm³/mol. The van der Waals surface area contributed by atoms with E-state index < -0.39 is 23.7 Å². The van der Waals surface area contributed by atoms with E-state index in [0.717, 1.165) is 4.90 Å². The molecule has 0 saturated heterocycles. The van der Waals surface area contributed by atoms with Crippen LogP contribution in [-0.2, 0) is 9.59 Å². The molecule has 0 aliphatic carbocycles. The Hall–Kier alpha value is -4.71. The number of fused-ring (bicyclic) bond motifs is 1. The second-order valence-corrected chi connectivity index (χ2v) is 7.11. The van der Waals surface area contributed by atoms with Crippen molar-refractivity contribution in [1.29, 1.82) is 5.26 Å². The number of methoxy groups -OCH3 is 1. The molecule has 0 saturated carbocycles. The molecule has 1 aliphatic rings. The van der Waals surface area contributed by atoms with E-state index in [1.807, 2.05) is 6.07 Å². The van der Waals surface area contributed by atoms with Crippen molar-refractivity contribution in [2.24, 2.45) is 0 Å². The zero-order valence-corrected chi connectivity index (χ0v) is 18.4. The molecule has 0 radical (unpaired) electrons. The number of esters is 1. The quantitative estimate of drug-likeness (QED) is 0.152. The van der Waals surface area contributed by atoms with Gasteiger partial charge in [0.1, 0.15) is 11.6 Å². The van der Waals surface area contributed by atoms with Gasteiger partial charge in [-0.3, -0.25) is 24.1 Å². The van der Waals surface area contributed by atoms with E-state index in [1.165, 1.54) is 31.4 Å². The average molecular weight is 459 g/mol. The maximum Gasteiger partial charge on any atom is 0.313 e. The predicted octanol–water partition coefficient (Wildman–Crippen LogP) is 2.50. The maximum atomic E-state index is 12.4. The Morgan fingerprint density at radius 3 is 2.38 bits per heavy atom. The van der Waals surface area contributed by atoms with Gasteiger partial charge in [-0.05, 0) is 35.9 Å². The van der Waals surface area contributed by atoms with Crippen molar-refractivity contribution < 1.29 is 28.7 Å². The summed E-state index contributed by atoms with van der Waals surface area (Å²) in [6, 6.07) is 12.8. The van der Waals surface area contributed by atoms with E-state index in [4.69, 9.17) is 9.47 Å². The fourth-order valence-electron chi connectivity index (χ4n) is 3.25. The molecular formula is C25H21N3O6. The molecule has 0 spiro atoms. The summed E-state index contributed by atoms with van der Waals surface area (Å²) in [7, 11) is 1.38. The first-order chi connectivity index (χ1) is 16.4. The minimum absolute atomic E-state index is 0.113. The van der Waals surface area contributed by atoms with Gasteiger partial charge in [-0.15, -0.1) is 6.58 Å². The van der Waals surface area contributed by atoms with Crippen LogP contribution in [0.5, 0.6) is 11.5 Å². The Morgan fingerprint density at radius 2 is 1.79 bits per heavy atom. The highest BCUT2D eigenvalue weighted by Crippen LogP contribution is 2.29. The maximum absolute atomic E-state index is 12.4. The summed E-state index contributed by atoms with van der Waals surface area (Å²) >= 11 is 0. The lowest BCUT2D eigenvalue weighted by Crippen LogP contribution is -2.32. The van der Waals surface area contributed by atoms with Crippen LogP contribution in [0.3, 0.4) is 0 Å². The van der Waals surface area contributed by atoms with E-state index in [2.05, 4.69) is 11.9 Å². The Morgan fingerprint density at radius 1 is 1.12 bits per heavy atom. The van der Waals surface area contributed by atoms with Crippen molar-refractivity contribution in [1.82, 2.24) is 10.2 Å². The lowest BCUT2D eigenvalue weighted by Gasteiger charge is -2.14. The number of rotatable bonds is 9. The summed E-state index contributed by atoms with van der Waals surface area (Å²) < 4.78 is 10.6. The van der Waals surface area contributed by atoms with E-state index in [-0.39, 0.29) is 36.6 Å². The normalized spacial score (nSPS) is 12.6. The first-order valence-electron chi connectivity index (χ1n) is 10.2. The minimum Gasteiger partial charge on any atom is -0.493 e. The molecule has 1 heterocycles. The standard InChI is InChI=1S/C25H21N3O6/c1-3-11-27-23(30)17(15-26)13-16-8-9-20(21(14-16)33-2)34-22(29)10-12-28-24(31)18-6-4-5-7-19(18)25(28)32/h3-9,13-14H,1,10-12H2,2H3,(H,27,30). The Labute approximate surface area is 195 Å². The van der Waals surface area contributed by atoms with Crippen LogP contribution in [0, 0.1) is 11.3 Å². The number of nitrogens with zero attached hydrogens (tertiary/aromatic N) is 2. The summed E-state index contributed by atoms with van der Waals surface area (Å²) in [4.78, 5) is 50.2. The molecule has 9 nitrogen and oxygen atoms in total. The number of amides is 3. The molecule has 2 aromatic rings. The second kappa shape index (κ2) is 10.7. The molecule has 172 valence electrons. The highest BCUT2D eigenvalue weighted by atomic mass is 16.6. The van der Waals surface area contributed by atoms with Crippen molar-refractivity contribution in [3.05, 3.63) is 77.4 Å². The van der Waals surface area contributed by atoms with Crippen molar-refractivity contribution in [3.8, 4) is 17.6 Å².